The molecule has 1 heterocycles. The minimum atomic E-state index is -4.46. The molecule has 1 rings (SSSR count). The maximum atomic E-state index is 12.3. The van der Waals surface area contributed by atoms with Crippen LogP contribution in [0.25, 0.3) is 0 Å². The molecule has 0 radical (unpaired) electrons. The minimum Gasteiger partial charge on any atom is -0.330 e. The number of aromatic nitrogens is 2. The number of hydrogen-bond acceptors (Lipinski definition) is 4. The Bertz CT molecular complexity index is 581. The van der Waals surface area contributed by atoms with Gasteiger partial charge in [0.15, 0.2) is 0 Å². The van der Waals surface area contributed by atoms with Crippen molar-refractivity contribution in [2.45, 2.75) is 31.5 Å². The van der Waals surface area contributed by atoms with Crippen LogP contribution in [0.3, 0.4) is 0 Å². The first-order chi connectivity index (χ1) is 9.37. The SMILES string of the molecule is CN(CC(C)(C)CN)S(=O)(=O)c1cnn(CC(F)(F)F)c1. The predicted octanol–water partition coefficient (Wildman–Crippen LogP) is 1.05. The van der Waals surface area contributed by atoms with E-state index in [1.54, 1.807) is 13.8 Å². The number of nitrogens with two attached hydrogens (primary N) is 1. The fourth-order valence-corrected chi connectivity index (χ4v) is 2.99. The molecule has 0 aliphatic carbocycles. The molecule has 0 bridgehead atoms. The van der Waals surface area contributed by atoms with Crippen LogP contribution < -0.4 is 5.73 Å². The molecule has 0 amide bonds. The second-order valence-corrected chi connectivity index (χ2v) is 7.66. The highest BCUT2D eigenvalue weighted by atomic mass is 32.2. The van der Waals surface area contributed by atoms with Crippen molar-refractivity contribution in [3.05, 3.63) is 12.4 Å². The summed E-state index contributed by atoms with van der Waals surface area (Å²) in [6.45, 7) is 2.69. The summed E-state index contributed by atoms with van der Waals surface area (Å²) < 4.78 is 62.8. The standard InChI is InChI=1S/C11H19F3N4O2S/c1-10(2,6-15)7-17(3)21(19,20)9-4-16-18(5-9)8-11(12,13)14/h4-5H,6-8,15H2,1-3H3. The smallest absolute Gasteiger partial charge is 0.330 e. The highest BCUT2D eigenvalue weighted by Gasteiger charge is 2.31. The fourth-order valence-electron chi connectivity index (χ4n) is 1.68. The molecule has 0 atom stereocenters. The Labute approximate surface area is 121 Å². The van der Waals surface area contributed by atoms with E-state index in [9.17, 15) is 21.6 Å². The lowest BCUT2D eigenvalue weighted by Gasteiger charge is -2.28. The van der Waals surface area contributed by atoms with Gasteiger partial charge in [0.25, 0.3) is 0 Å². The predicted molar refractivity (Wildman–Crippen MR) is 70.9 cm³/mol. The van der Waals surface area contributed by atoms with Gasteiger partial charge in [-0.05, 0) is 12.0 Å². The zero-order chi connectivity index (χ0) is 16.5. The van der Waals surface area contributed by atoms with Crippen LogP contribution in [0.1, 0.15) is 13.8 Å². The van der Waals surface area contributed by atoms with Crippen molar-refractivity contribution in [2.24, 2.45) is 11.1 Å². The molecule has 0 unspecified atom stereocenters. The average Bonchev–Trinajstić information content (AvgIpc) is 2.75. The van der Waals surface area contributed by atoms with Gasteiger partial charge in [-0.2, -0.15) is 18.3 Å². The summed E-state index contributed by atoms with van der Waals surface area (Å²) >= 11 is 0. The number of halogens is 3. The zero-order valence-corrected chi connectivity index (χ0v) is 12.9. The summed E-state index contributed by atoms with van der Waals surface area (Å²) in [5.74, 6) is 0. The molecule has 0 aromatic carbocycles. The van der Waals surface area contributed by atoms with Gasteiger partial charge in [-0.3, -0.25) is 4.68 Å². The molecular weight excluding hydrogens is 309 g/mol. The molecule has 0 saturated carbocycles. The van der Waals surface area contributed by atoms with Crippen molar-refractivity contribution >= 4 is 10.0 Å². The van der Waals surface area contributed by atoms with Crippen molar-refractivity contribution in [3.63, 3.8) is 0 Å². The topological polar surface area (TPSA) is 81.2 Å². The molecule has 0 aliphatic heterocycles. The van der Waals surface area contributed by atoms with E-state index >= 15 is 0 Å². The van der Waals surface area contributed by atoms with Gasteiger partial charge in [-0.1, -0.05) is 13.8 Å². The highest BCUT2D eigenvalue weighted by Crippen LogP contribution is 2.22. The van der Waals surface area contributed by atoms with Gasteiger partial charge in [-0.25, -0.2) is 12.7 Å². The van der Waals surface area contributed by atoms with Crippen LogP contribution in [0.4, 0.5) is 13.2 Å². The van der Waals surface area contributed by atoms with E-state index in [1.165, 1.54) is 7.05 Å². The third-order valence-electron chi connectivity index (χ3n) is 2.86. The van der Waals surface area contributed by atoms with Crippen LogP contribution in [0, 0.1) is 5.41 Å². The normalized spacial score (nSPS) is 13.9. The van der Waals surface area contributed by atoms with Crippen molar-refractivity contribution in [1.82, 2.24) is 14.1 Å². The molecule has 0 aliphatic rings. The Kier molecular flexibility index (Phi) is 5.06. The molecule has 21 heavy (non-hydrogen) atoms. The van der Waals surface area contributed by atoms with E-state index < -0.39 is 28.2 Å². The van der Waals surface area contributed by atoms with E-state index in [1.807, 2.05) is 0 Å². The van der Waals surface area contributed by atoms with Crippen LogP contribution in [0.2, 0.25) is 0 Å². The van der Waals surface area contributed by atoms with Crippen molar-refractivity contribution < 1.29 is 21.6 Å². The van der Waals surface area contributed by atoms with Gasteiger partial charge in [0.05, 0.1) is 6.20 Å². The lowest BCUT2D eigenvalue weighted by molar-refractivity contribution is -0.142. The maximum Gasteiger partial charge on any atom is 0.408 e. The first-order valence-corrected chi connectivity index (χ1v) is 7.57. The first kappa shape index (κ1) is 17.9. The Balaban J connectivity index is 2.93. The quantitative estimate of drug-likeness (QED) is 0.846. The summed E-state index contributed by atoms with van der Waals surface area (Å²) in [7, 11) is -2.53. The Morgan fingerprint density at radius 3 is 2.43 bits per heavy atom. The number of hydrogen-bond donors (Lipinski definition) is 1. The third kappa shape index (κ3) is 4.97. The van der Waals surface area contributed by atoms with Crippen LogP contribution in [-0.4, -0.2) is 48.8 Å². The van der Waals surface area contributed by atoms with Crippen LogP contribution in [-0.2, 0) is 16.6 Å². The third-order valence-corrected chi connectivity index (χ3v) is 4.62. The van der Waals surface area contributed by atoms with Gasteiger partial charge in [-0.15, -0.1) is 0 Å². The Morgan fingerprint density at radius 2 is 1.95 bits per heavy atom. The summed E-state index contributed by atoms with van der Waals surface area (Å²) in [5.41, 5.74) is 5.11. The van der Waals surface area contributed by atoms with Gasteiger partial charge < -0.3 is 5.73 Å². The number of alkyl halides is 3. The molecule has 1 aromatic heterocycles. The number of sulfonamides is 1. The summed E-state index contributed by atoms with van der Waals surface area (Å²) in [4.78, 5) is -0.276. The largest absolute Gasteiger partial charge is 0.408 e. The monoisotopic (exact) mass is 328 g/mol. The van der Waals surface area contributed by atoms with Crippen LogP contribution in [0.15, 0.2) is 17.3 Å². The highest BCUT2D eigenvalue weighted by molar-refractivity contribution is 7.89. The molecule has 10 heteroatoms. The van der Waals surface area contributed by atoms with Gasteiger partial charge in [0.1, 0.15) is 11.4 Å². The second-order valence-electron chi connectivity index (χ2n) is 5.62. The average molecular weight is 328 g/mol. The number of nitrogens with zero attached hydrogens (tertiary/aromatic N) is 3. The molecule has 6 nitrogen and oxygen atoms in total. The zero-order valence-electron chi connectivity index (χ0n) is 12.1. The van der Waals surface area contributed by atoms with Crippen LogP contribution in [0.5, 0.6) is 0 Å². The molecule has 122 valence electrons. The molecular formula is C11H19F3N4O2S. The van der Waals surface area contributed by atoms with Gasteiger partial charge in [0.2, 0.25) is 10.0 Å². The van der Waals surface area contributed by atoms with E-state index in [4.69, 9.17) is 5.73 Å². The first-order valence-electron chi connectivity index (χ1n) is 6.13. The summed E-state index contributed by atoms with van der Waals surface area (Å²) in [5, 5.41) is 3.43. The fraction of sp³-hybridized carbons (Fsp3) is 0.727. The van der Waals surface area contributed by atoms with E-state index in [0.717, 1.165) is 16.7 Å². The van der Waals surface area contributed by atoms with Gasteiger partial charge >= 0.3 is 6.18 Å². The minimum absolute atomic E-state index is 0.149. The molecule has 0 fully saturated rings. The summed E-state index contributed by atoms with van der Waals surface area (Å²) in [6, 6.07) is 0. The van der Waals surface area contributed by atoms with Crippen LogP contribution >= 0.6 is 0 Å². The maximum absolute atomic E-state index is 12.3. The lowest BCUT2D eigenvalue weighted by atomic mass is 9.94. The van der Waals surface area contributed by atoms with E-state index in [2.05, 4.69) is 5.10 Å². The Morgan fingerprint density at radius 1 is 1.38 bits per heavy atom. The molecule has 0 spiro atoms. The number of rotatable bonds is 6. The van der Waals surface area contributed by atoms with Crippen molar-refractivity contribution in [1.29, 1.82) is 0 Å². The van der Waals surface area contributed by atoms with E-state index in [-0.39, 0.29) is 18.0 Å². The Hall–Kier alpha value is -1.13. The molecule has 1 aromatic rings. The molecule has 2 N–H and O–H groups in total. The second kappa shape index (κ2) is 5.93. The lowest BCUT2D eigenvalue weighted by Crippen LogP contribution is -2.39. The van der Waals surface area contributed by atoms with Gasteiger partial charge in [0, 0.05) is 19.8 Å². The van der Waals surface area contributed by atoms with Crippen molar-refractivity contribution in [2.75, 3.05) is 20.1 Å². The molecule has 0 saturated heterocycles. The summed E-state index contributed by atoms with van der Waals surface area (Å²) in [6.07, 6.45) is -2.68. The van der Waals surface area contributed by atoms with E-state index in [0.29, 0.717) is 4.68 Å². The van der Waals surface area contributed by atoms with Crippen molar-refractivity contribution in [3.8, 4) is 0 Å².